The summed E-state index contributed by atoms with van der Waals surface area (Å²) in [7, 11) is -2.02. The standard InChI is InChI=1S/C15H19F3N4O3S/c1-22-14(19)21-15(6-2-3-11(15)26(22,24)25)9-7-8(4-5-10(9)16)20-13(23)12(17)18/h4-5,7,11-12,24-25H,2-3,6H2,1H3,(H2,19,21)(H,20,23). The first-order valence-corrected chi connectivity index (χ1v) is 9.43. The molecule has 0 bridgehead atoms. The lowest BCUT2D eigenvalue weighted by Crippen LogP contribution is -2.63. The van der Waals surface area contributed by atoms with Gasteiger partial charge in [-0.3, -0.25) is 19.3 Å². The van der Waals surface area contributed by atoms with Crippen LogP contribution in [0, 0.1) is 11.2 Å². The molecule has 1 saturated carbocycles. The molecule has 1 amide bonds. The largest absolute Gasteiger partial charge is 0.344 e. The van der Waals surface area contributed by atoms with Crippen LogP contribution in [0.2, 0.25) is 0 Å². The van der Waals surface area contributed by atoms with E-state index in [0.717, 1.165) is 16.4 Å². The highest BCUT2D eigenvalue weighted by Crippen LogP contribution is 2.62. The minimum Gasteiger partial charge on any atom is -0.344 e. The summed E-state index contributed by atoms with van der Waals surface area (Å²) in [5.41, 5.74) is -1.29. The molecule has 1 aliphatic carbocycles. The Bertz CT molecular complexity index is 764. The van der Waals surface area contributed by atoms with Crippen LogP contribution in [0.5, 0.6) is 0 Å². The topological polar surface area (TPSA) is 109 Å². The van der Waals surface area contributed by atoms with E-state index in [-0.39, 0.29) is 17.2 Å². The van der Waals surface area contributed by atoms with Crippen molar-refractivity contribution >= 4 is 28.3 Å². The van der Waals surface area contributed by atoms with Gasteiger partial charge in [0.15, 0.2) is 0 Å². The maximum Gasteiger partial charge on any atom is 0.315 e. The molecule has 1 aromatic carbocycles. The number of amides is 1. The van der Waals surface area contributed by atoms with E-state index in [0.29, 0.717) is 19.3 Å². The lowest BCUT2D eigenvalue weighted by molar-refractivity contribution is -0.126. The zero-order chi connectivity index (χ0) is 19.3. The van der Waals surface area contributed by atoms with Crippen molar-refractivity contribution < 1.29 is 27.1 Å². The van der Waals surface area contributed by atoms with Gasteiger partial charge in [-0.25, -0.2) is 8.70 Å². The highest BCUT2D eigenvalue weighted by Gasteiger charge is 2.57. The summed E-state index contributed by atoms with van der Waals surface area (Å²) in [6.07, 6.45) is -1.95. The van der Waals surface area contributed by atoms with E-state index in [9.17, 15) is 27.1 Å². The zero-order valence-corrected chi connectivity index (χ0v) is 14.6. The summed E-state index contributed by atoms with van der Waals surface area (Å²) >= 11 is 0. The van der Waals surface area contributed by atoms with Crippen LogP contribution in [0.4, 0.5) is 18.9 Å². The molecule has 5 N–H and O–H groups in total. The van der Waals surface area contributed by atoms with E-state index in [2.05, 4.69) is 5.32 Å². The lowest BCUT2D eigenvalue weighted by atomic mass is 9.86. The normalized spacial score (nSPS) is 28.5. The number of hydrogen-bond donors (Lipinski definition) is 5. The van der Waals surface area contributed by atoms with Gasteiger partial charge in [-0.05, 0) is 37.5 Å². The molecule has 144 valence electrons. The van der Waals surface area contributed by atoms with Gasteiger partial charge in [0.1, 0.15) is 5.82 Å². The van der Waals surface area contributed by atoms with E-state index in [1.165, 1.54) is 13.1 Å². The van der Waals surface area contributed by atoms with Crippen molar-refractivity contribution in [2.24, 2.45) is 0 Å². The number of nitrogens with one attached hydrogen (secondary N) is 3. The molecular weight excluding hydrogens is 373 g/mol. The Morgan fingerprint density at radius 1 is 1.50 bits per heavy atom. The van der Waals surface area contributed by atoms with Gasteiger partial charge < -0.3 is 10.6 Å². The zero-order valence-electron chi connectivity index (χ0n) is 13.8. The number of benzene rings is 1. The second kappa shape index (κ2) is 6.32. The van der Waals surface area contributed by atoms with Crippen molar-refractivity contribution in [1.82, 2.24) is 9.62 Å². The number of nitrogens with zero attached hydrogens (tertiary/aromatic N) is 1. The Morgan fingerprint density at radius 3 is 2.85 bits per heavy atom. The minimum atomic E-state index is -3.39. The van der Waals surface area contributed by atoms with Crippen molar-refractivity contribution in [2.45, 2.75) is 36.5 Å². The number of rotatable bonds is 3. The van der Waals surface area contributed by atoms with Gasteiger partial charge in [0.25, 0.3) is 5.91 Å². The molecule has 0 spiro atoms. The lowest BCUT2D eigenvalue weighted by Gasteiger charge is -2.57. The Hall–Kier alpha value is -1.98. The molecule has 26 heavy (non-hydrogen) atoms. The van der Waals surface area contributed by atoms with Crippen LogP contribution >= 0.6 is 10.8 Å². The number of fused-ring (bicyclic) bond motifs is 1. The van der Waals surface area contributed by atoms with Crippen LogP contribution in [-0.4, -0.2) is 44.0 Å². The highest BCUT2D eigenvalue weighted by atomic mass is 32.3. The van der Waals surface area contributed by atoms with Gasteiger partial charge in [-0.15, -0.1) is 10.8 Å². The summed E-state index contributed by atoms with van der Waals surface area (Å²) in [5, 5.41) is 12.1. The summed E-state index contributed by atoms with van der Waals surface area (Å²) < 4.78 is 61.7. The van der Waals surface area contributed by atoms with Crippen molar-refractivity contribution in [3.05, 3.63) is 29.6 Å². The SMILES string of the molecule is CN1C(=N)NC2(c3cc(NC(=O)C(F)F)ccc3F)CCCC2S1(O)O. The van der Waals surface area contributed by atoms with E-state index < -0.39 is 39.7 Å². The second-order valence-electron chi connectivity index (χ2n) is 6.37. The van der Waals surface area contributed by atoms with Gasteiger partial charge in [0.2, 0.25) is 5.96 Å². The number of halogens is 3. The molecule has 0 aromatic heterocycles. The van der Waals surface area contributed by atoms with Crippen LogP contribution in [0.25, 0.3) is 0 Å². The third-order valence-corrected chi connectivity index (χ3v) is 7.33. The molecule has 0 radical (unpaired) electrons. The Labute approximate surface area is 149 Å². The van der Waals surface area contributed by atoms with Crippen LogP contribution in [0.15, 0.2) is 18.2 Å². The quantitative estimate of drug-likeness (QED) is 0.544. The summed E-state index contributed by atoms with van der Waals surface area (Å²) in [6.45, 7) is 0. The molecule has 1 aromatic rings. The smallest absolute Gasteiger partial charge is 0.315 e. The van der Waals surface area contributed by atoms with E-state index in [1.807, 2.05) is 5.32 Å². The summed E-state index contributed by atoms with van der Waals surface area (Å²) in [4.78, 5) is 11.2. The van der Waals surface area contributed by atoms with Crippen LogP contribution in [0.1, 0.15) is 24.8 Å². The molecule has 2 fully saturated rings. The summed E-state index contributed by atoms with van der Waals surface area (Å²) in [5.74, 6) is -2.48. The van der Waals surface area contributed by atoms with Gasteiger partial charge in [0, 0.05) is 18.3 Å². The van der Waals surface area contributed by atoms with E-state index in [1.54, 1.807) is 0 Å². The van der Waals surface area contributed by atoms with E-state index >= 15 is 0 Å². The molecular formula is C15H19F3N4O3S. The van der Waals surface area contributed by atoms with Crippen LogP contribution < -0.4 is 10.6 Å². The van der Waals surface area contributed by atoms with Crippen LogP contribution in [-0.2, 0) is 10.3 Å². The Kier molecular flexibility index (Phi) is 4.57. The third kappa shape index (κ3) is 2.79. The molecule has 1 saturated heterocycles. The van der Waals surface area contributed by atoms with Gasteiger partial charge in [-0.1, -0.05) is 0 Å². The van der Waals surface area contributed by atoms with Crippen molar-refractivity contribution in [2.75, 3.05) is 12.4 Å². The minimum absolute atomic E-state index is 0.00453. The number of anilines is 1. The number of guanidine groups is 1. The fourth-order valence-corrected chi connectivity index (χ4v) is 5.70. The number of alkyl halides is 2. The predicted octanol–water partition coefficient (Wildman–Crippen LogP) is 2.91. The Balaban J connectivity index is 2.06. The fraction of sp³-hybridized carbons (Fsp3) is 0.467. The average Bonchev–Trinajstić information content (AvgIpc) is 3.00. The first-order valence-electron chi connectivity index (χ1n) is 7.86. The first-order chi connectivity index (χ1) is 12.1. The monoisotopic (exact) mass is 392 g/mol. The first kappa shape index (κ1) is 18.8. The fourth-order valence-electron chi connectivity index (χ4n) is 3.68. The molecule has 2 atom stereocenters. The average molecular weight is 392 g/mol. The number of carbonyl (C=O) groups is 1. The van der Waals surface area contributed by atoms with Crippen LogP contribution in [0.3, 0.4) is 0 Å². The molecule has 1 aliphatic heterocycles. The molecule has 1 heterocycles. The predicted molar refractivity (Wildman–Crippen MR) is 91.8 cm³/mol. The van der Waals surface area contributed by atoms with Crippen molar-refractivity contribution in [1.29, 1.82) is 5.41 Å². The number of hydrogen-bond acceptors (Lipinski definition) is 4. The maximum atomic E-state index is 14.6. The molecule has 2 unspecified atom stereocenters. The van der Waals surface area contributed by atoms with E-state index in [4.69, 9.17) is 5.41 Å². The molecule has 11 heteroatoms. The molecule has 2 aliphatic rings. The maximum absolute atomic E-state index is 14.6. The Morgan fingerprint density at radius 2 is 2.19 bits per heavy atom. The molecule has 7 nitrogen and oxygen atoms in total. The summed E-state index contributed by atoms with van der Waals surface area (Å²) in [6, 6.07) is 3.38. The highest BCUT2D eigenvalue weighted by molar-refractivity contribution is 8.23. The second-order valence-corrected chi connectivity index (χ2v) is 8.61. The molecule has 3 rings (SSSR count). The van der Waals surface area contributed by atoms with Crippen molar-refractivity contribution in [3.8, 4) is 0 Å². The van der Waals surface area contributed by atoms with Gasteiger partial charge in [-0.2, -0.15) is 8.78 Å². The third-order valence-electron chi connectivity index (χ3n) is 4.94. The van der Waals surface area contributed by atoms with Crippen molar-refractivity contribution in [3.63, 3.8) is 0 Å². The number of carbonyl (C=O) groups excluding carboxylic acids is 1. The van der Waals surface area contributed by atoms with Gasteiger partial charge in [0.05, 0.1) is 10.8 Å². The van der Waals surface area contributed by atoms with Gasteiger partial charge >= 0.3 is 6.43 Å².